The van der Waals surface area contributed by atoms with Gasteiger partial charge < -0.3 is 14.2 Å². The highest BCUT2D eigenvalue weighted by molar-refractivity contribution is 14.1. The Balaban J connectivity index is 1.97. The average Bonchev–Trinajstić information content (AvgIpc) is 2.99. The van der Waals surface area contributed by atoms with Crippen molar-refractivity contribution in [2.24, 2.45) is 4.99 Å². The summed E-state index contributed by atoms with van der Waals surface area (Å²) < 4.78 is 30.7. The second kappa shape index (κ2) is 8.51. The Bertz CT molecular complexity index is 940. The second-order valence-corrected chi connectivity index (χ2v) is 6.70. The van der Waals surface area contributed by atoms with Crippen molar-refractivity contribution in [3.05, 3.63) is 62.6 Å². The Hall–Kier alpha value is -2.42. The first-order chi connectivity index (χ1) is 13.0. The van der Waals surface area contributed by atoms with Crippen LogP contribution < -0.4 is 9.47 Å². The highest BCUT2D eigenvalue weighted by Gasteiger charge is 2.24. The van der Waals surface area contributed by atoms with Crippen LogP contribution in [0.5, 0.6) is 11.5 Å². The standard InChI is InChI=1S/C20H17FINO4/c1-3-25-17-10-12(8-15(22)18(17)26-4-2)9-16-20(24)27-19(23-16)13-6-5-7-14(21)11-13/h5-11H,3-4H2,1-2H3/b16-9+. The molecule has 3 rings (SSSR count). The molecule has 0 bridgehead atoms. The molecule has 0 unspecified atom stereocenters. The lowest BCUT2D eigenvalue weighted by atomic mass is 10.1. The zero-order valence-electron chi connectivity index (χ0n) is 14.8. The van der Waals surface area contributed by atoms with E-state index in [1.54, 1.807) is 18.2 Å². The van der Waals surface area contributed by atoms with E-state index >= 15 is 0 Å². The fraction of sp³-hybridized carbons (Fsp3) is 0.200. The lowest BCUT2D eigenvalue weighted by Gasteiger charge is -2.13. The van der Waals surface area contributed by atoms with Gasteiger partial charge in [0.1, 0.15) is 5.82 Å². The summed E-state index contributed by atoms with van der Waals surface area (Å²) in [5, 5.41) is 0. The van der Waals surface area contributed by atoms with E-state index in [0.29, 0.717) is 30.3 Å². The summed E-state index contributed by atoms with van der Waals surface area (Å²) in [7, 11) is 0. The molecule has 5 nitrogen and oxygen atoms in total. The third-order valence-electron chi connectivity index (χ3n) is 3.62. The van der Waals surface area contributed by atoms with Crippen LogP contribution in [-0.2, 0) is 9.53 Å². The van der Waals surface area contributed by atoms with E-state index in [-0.39, 0.29) is 11.6 Å². The van der Waals surface area contributed by atoms with Gasteiger partial charge in [0.15, 0.2) is 17.2 Å². The second-order valence-electron chi connectivity index (χ2n) is 5.54. The lowest BCUT2D eigenvalue weighted by Crippen LogP contribution is -2.05. The van der Waals surface area contributed by atoms with E-state index in [2.05, 4.69) is 27.6 Å². The largest absolute Gasteiger partial charge is 0.490 e. The van der Waals surface area contributed by atoms with Gasteiger partial charge in [-0.3, -0.25) is 0 Å². The van der Waals surface area contributed by atoms with E-state index in [0.717, 1.165) is 9.13 Å². The molecule has 0 saturated heterocycles. The number of carbonyl (C=O) groups excluding carboxylic acids is 1. The number of cyclic esters (lactones) is 1. The van der Waals surface area contributed by atoms with Crippen molar-refractivity contribution >= 4 is 40.5 Å². The normalized spacial score (nSPS) is 14.9. The van der Waals surface area contributed by atoms with Gasteiger partial charge in [-0.05, 0) is 78.4 Å². The number of rotatable bonds is 6. The van der Waals surface area contributed by atoms with Gasteiger partial charge in [-0.25, -0.2) is 14.2 Å². The smallest absolute Gasteiger partial charge is 0.363 e. The van der Waals surface area contributed by atoms with Crippen LogP contribution >= 0.6 is 22.6 Å². The van der Waals surface area contributed by atoms with Crippen molar-refractivity contribution in [2.45, 2.75) is 13.8 Å². The van der Waals surface area contributed by atoms with Gasteiger partial charge in [0, 0.05) is 5.56 Å². The maximum Gasteiger partial charge on any atom is 0.363 e. The average molecular weight is 481 g/mol. The van der Waals surface area contributed by atoms with Gasteiger partial charge in [-0.15, -0.1) is 0 Å². The maximum absolute atomic E-state index is 13.4. The molecule has 1 aliphatic heterocycles. The Morgan fingerprint density at radius 1 is 1.19 bits per heavy atom. The number of aliphatic imine (C=N–C) groups is 1. The summed E-state index contributed by atoms with van der Waals surface area (Å²) in [5.74, 6) is 0.331. The van der Waals surface area contributed by atoms with Crippen LogP contribution in [0.3, 0.4) is 0 Å². The van der Waals surface area contributed by atoms with Gasteiger partial charge in [0.05, 0.1) is 16.8 Å². The predicted molar refractivity (Wildman–Crippen MR) is 109 cm³/mol. The number of ether oxygens (including phenoxy) is 3. The number of halogens is 2. The Labute approximate surface area is 170 Å². The maximum atomic E-state index is 13.4. The minimum Gasteiger partial charge on any atom is -0.490 e. The van der Waals surface area contributed by atoms with Crippen molar-refractivity contribution in [3.8, 4) is 11.5 Å². The van der Waals surface area contributed by atoms with Crippen LogP contribution in [0.2, 0.25) is 0 Å². The highest BCUT2D eigenvalue weighted by atomic mass is 127. The number of nitrogens with zero attached hydrogens (tertiary/aromatic N) is 1. The molecule has 140 valence electrons. The number of esters is 1. The molecule has 0 aliphatic carbocycles. The van der Waals surface area contributed by atoms with Crippen LogP contribution in [0.1, 0.15) is 25.0 Å². The Kier molecular flexibility index (Phi) is 6.10. The number of carbonyl (C=O) groups is 1. The Morgan fingerprint density at radius 3 is 2.67 bits per heavy atom. The van der Waals surface area contributed by atoms with Crippen molar-refractivity contribution in [3.63, 3.8) is 0 Å². The molecule has 2 aromatic carbocycles. The monoisotopic (exact) mass is 481 g/mol. The van der Waals surface area contributed by atoms with Crippen LogP contribution in [0.25, 0.3) is 6.08 Å². The molecule has 0 saturated carbocycles. The fourth-order valence-electron chi connectivity index (χ4n) is 2.53. The van der Waals surface area contributed by atoms with E-state index < -0.39 is 11.8 Å². The molecule has 0 aromatic heterocycles. The van der Waals surface area contributed by atoms with E-state index in [1.807, 2.05) is 19.9 Å². The minimum atomic E-state index is -0.587. The van der Waals surface area contributed by atoms with Crippen molar-refractivity contribution in [1.82, 2.24) is 0 Å². The first-order valence-corrected chi connectivity index (χ1v) is 9.47. The van der Waals surface area contributed by atoms with Crippen LogP contribution in [0.15, 0.2) is 47.1 Å². The molecular weight excluding hydrogens is 464 g/mol. The molecule has 2 aromatic rings. The van der Waals surface area contributed by atoms with Gasteiger partial charge >= 0.3 is 5.97 Å². The van der Waals surface area contributed by atoms with Crippen molar-refractivity contribution < 1.29 is 23.4 Å². The molecule has 0 fully saturated rings. The summed E-state index contributed by atoms with van der Waals surface area (Å²) in [6.45, 7) is 4.79. The van der Waals surface area contributed by atoms with E-state index in [9.17, 15) is 9.18 Å². The SMILES string of the molecule is CCOc1cc(/C=C2/N=C(c3cccc(F)c3)OC2=O)cc(I)c1OCC. The fourth-order valence-corrected chi connectivity index (χ4v) is 3.31. The van der Waals surface area contributed by atoms with Crippen LogP contribution in [-0.4, -0.2) is 25.1 Å². The zero-order chi connectivity index (χ0) is 19.4. The molecule has 0 spiro atoms. The molecule has 0 amide bonds. The molecule has 0 atom stereocenters. The van der Waals surface area contributed by atoms with Gasteiger partial charge in [-0.2, -0.15) is 0 Å². The highest BCUT2D eigenvalue weighted by Crippen LogP contribution is 2.35. The molecule has 1 heterocycles. The van der Waals surface area contributed by atoms with Crippen LogP contribution in [0, 0.1) is 9.39 Å². The summed E-state index contributed by atoms with van der Waals surface area (Å²) in [5.41, 5.74) is 1.27. The summed E-state index contributed by atoms with van der Waals surface area (Å²) in [6, 6.07) is 9.39. The number of hydrogen-bond acceptors (Lipinski definition) is 5. The number of benzene rings is 2. The van der Waals surface area contributed by atoms with Gasteiger partial charge in [0.2, 0.25) is 5.90 Å². The first kappa shape index (κ1) is 19.3. The Morgan fingerprint density at radius 2 is 1.96 bits per heavy atom. The molecule has 0 radical (unpaired) electrons. The summed E-state index contributed by atoms with van der Waals surface area (Å²) >= 11 is 2.16. The zero-order valence-corrected chi connectivity index (χ0v) is 16.9. The van der Waals surface area contributed by atoms with Crippen molar-refractivity contribution in [1.29, 1.82) is 0 Å². The molecular formula is C20H17FINO4. The summed E-state index contributed by atoms with van der Waals surface area (Å²) in [4.78, 5) is 16.4. The van der Waals surface area contributed by atoms with Crippen molar-refractivity contribution in [2.75, 3.05) is 13.2 Å². The minimum absolute atomic E-state index is 0.0800. The van der Waals surface area contributed by atoms with Crippen LogP contribution in [0.4, 0.5) is 4.39 Å². The quantitative estimate of drug-likeness (QED) is 0.345. The molecule has 1 aliphatic rings. The van der Waals surface area contributed by atoms with Gasteiger partial charge in [-0.1, -0.05) is 6.07 Å². The number of hydrogen-bond donors (Lipinski definition) is 0. The van der Waals surface area contributed by atoms with E-state index in [4.69, 9.17) is 14.2 Å². The third-order valence-corrected chi connectivity index (χ3v) is 4.42. The molecule has 27 heavy (non-hydrogen) atoms. The molecule has 7 heteroatoms. The third kappa shape index (κ3) is 4.47. The summed E-state index contributed by atoms with van der Waals surface area (Å²) in [6.07, 6.45) is 1.61. The first-order valence-electron chi connectivity index (χ1n) is 8.39. The van der Waals surface area contributed by atoms with Gasteiger partial charge in [0.25, 0.3) is 0 Å². The molecule has 0 N–H and O–H groups in total. The topological polar surface area (TPSA) is 57.1 Å². The lowest BCUT2D eigenvalue weighted by molar-refractivity contribution is -0.129. The van der Waals surface area contributed by atoms with E-state index in [1.165, 1.54) is 18.2 Å². The predicted octanol–water partition coefficient (Wildman–Crippen LogP) is 4.57.